The van der Waals surface area contributed by atoms with E-state index in [0.29, 0.717) is 50.0 Å². The Bertz CT molecular complexity index is 2200. The number of aromatic hydroxyl groups is 1. The fourth-order valence-electron chi connectivity index (χ4n) is 8.24. The zero-order chi connectivity index (χ0) is 41.9. The number of amides is 1. The molecule has 1 amide bonds. The van der Waals surface area contributed by atoms with Crippen LogP contribution >= 0.6 is 0 Å². The van der Waals surface area contributed by atoms with Crippen LogP contribution in [-0.2, 0) is 48.7 Å². The molecule has 3 atom stereocenters. The molecule has 6 rings (SSSR count). The van der Waals surface area contributed by atoms with Crippen molar-refractivity contribution in [3.63, 3.8) is 0 Å². The molecule has 3 N–H and O–H groups in total. The number of ether oxygens (including phenoxy) is 2. The maximum absolute atomic E-state index is 14.4. The summed E-state index contributed by atoms with van der Waals surface area (Å²) in [6.45, 7) is 17.0. The van der Waals surface area contributed by atoms with Crippen molar-refractivity contribution in [2.45, 2.75) is 85.0 Å². The second kappa shape index (κ2) is 17.9. The molecule has 0 aliphatic carbocycles. The number of aromatic nitrogens is 1. The largest absolute Gasteiger partial charge is 0.508 e. The van der Waals surface area contributed by atoms with Gasteiger partial charge in [-0.25, -0.2) is 5.43 Å². The van der Waals surface area contributed by atoms with E-state index < -0.39 is 39.6 Å². The number of allylic oxidation sites excluding steroid dienone is 2. The number of benzene rings is 2. The Balaban J connectivity index is 1.54. The van der Waals surface area contributed by atoms with Crippen LogP contribution in [0.5, 0.6) is 5.75 Å². The molecule has 4 heterocycles. The number of esters is 1. The third-order valence-electron chi connectivity index (χ3n) is 11.4. The van der Waals surface area contributed by atoms with Gasteiger partial charge in [-0.2, -0.15) is 17.4 Å². The van der Waals surface area contributed by atoms with Gasteiger partial charge >= 0.3 is 5.97 Å². The summed E-state index contributed by atoms with van der Waals surface area (Å²) in [6.07, 6.45) is 4.66. The summed E-state index contributed by atoms with van der Waals surface area (Å²) in [7, 11) is -0.500. The van der Waals surface area contributed by atoms with E-state index in [1.54, 1.807) is 25.5 Å². The summed E-state index contributed by atoms with van der Waals surface area (Å²) in [5.74, 6) is -1.03. The van der Waals surface area contributed by atoms with Crippen molar-refractivity contribution < 1.29 is 32.6 Å². The van der Waals surface area contributed by atoms with E-state index in [-0.39, 0.29) is 44.5 Å². The smallest absolute Gasteiger partial charge is 0.324 e. The number of nitrogens with one attached hydrogen (secondary N) is 2. The molecule has 0 spiro atoms. The number of methoxy groups -OCH3 is 1. The summed E-state index contributed by atoms with van der Waals surface area (Å²) in [5.41, 5.74) is 9.11. The van der Waals surface area contributed by atoms with Crippen LogP contribution in [-0.4, -0.2) is 122 Å². The Morgan fingerprint density at radius 1 is 1.14 bits per heavy atom. The maximum Gasteiger partial charge on any atom is 0.324 e. The van der Waals surface area contributed by atoms with Crippen LogP contribution in [0, 0.1) is 5.41 Å². The van der Waals surface area contributed by atoms with Crippen LogP contribution in [0.2, 0.25) is 0 Å². The number of carbonyl (C=O) groups is 2. The van der Waals surface area contributed by atoms with Crippen molar-refractivity contribution in [1.29, 1.82) is 0 Å². The minimum absolute atomic E-state index is 0.0188. The third-order valence-corrected chi connectivity index (χ3v) is 13.0. The summed E-state index contributed by atoms with van der Waals surface area (Å²) >= 11 is 0. The maximum atomic E-state index is 14.4. The van der Waals surface area contributed by atoms with E-state index in [9.17, 15) is 23.1 Å². The lowest BCUT2D eigenvalue weighted by atomic mass is 9.84. The van der Waals surface area contributed by atoms with E-state index in [1.807, 2.05) is 44.0 Å². The molecule has 0 unspecified atom stereocenters. The lowest BCUT2D eigenvalue weighted by Gasteiger charge is -2.36. The van der Waals surface area contributed by atoms with E-state index in [2.05, 4.69) is 54.2 Å². The Morgan fingerprint density at radius 2 is 1.88 bits per heavy atom. The zero-order valence-electron chi connectivity index (χ0n) is 34.9. The second-order valence-electron chi connectivity index (χ2n) is 16.3. The molecule has 3 aliphatic heterocycles. The molecule has 1 aromatic heterocycles. The van der Waals surface area contributed by atoms with Crippen molar-refractivity contribution in [3.8, 4) is 16.9 Å². The SMILES string of the molecule is C=C/C(=C(\N=CC)[C@H](C)OC)c1c2c3cc(ccc3n1CC)-c1cc(O)cc(c1)C[C@H](NS(=O)(=O)N1CCN(C)CC1)C(=O)N1CCC[C@H](N1)C(=O)OCC(C)(C)C2. The van der Waals surface area contributed by atoms with Gasteiger partial charge < -0.3 is 24.0 Å². The molecule has 2 aromatic carbocycles. The molecule has 314 valence electrons. The number of carbonyl (C=O) groups excluding carboxylic acids is 2. The number of fused-ring (bicyclic) bond motifs is 6. The normalized spacial score (nSPS) is 22.4. The van der Waals surface area contributed by atoms with Gasteiger partial charge in [0.25, 0.3) is 16.1 Å². The number of hydrogen-bond acceptors (Lipinski definition) is 10. The van der Waals surface area contributed by atoms with E-state index in [0.717, 1.165) is 39.0 Å². The standard InChI is InChI=1S/C43H59N7O7S/c1-9-33(39(44-10-2)28(4)56-8)40-35-26-43(5,6)27-57-42(53)36-13-12-16-50(45-36)41(52)37(46-58(54,55)48-19-17-47(7)18-20-48)23-29-21-31(24-32(51)22-29)30-14-15-38(34(35)25-30)49(40)11-3/h9-10,14-15,21-22,24-25,28,36-37,45-46,51H,1,11-13,16-20,23,26-27H2,2-8H3/b39-33+,44-10?/t28-,36-,37-/m0/s1. The molecule has 14 nitrogen and oxygen atoms in total. The highest BCUT2D eigenvalue weighted by atomic mass is 32.2. The van der Waals surface area contributed by atoms with Crippen LogP contribution in [0.3, 0.4) is 0 Å². The highest BCUT2D eigenvalue weighted by Gasteiger charge is 2.37. The average Bonchev–Trinajstić information content (AvgIpc) is 3.49. The second-order valence-corrected chi connectivity index (χ2v) is 18.0. The molecule has 2 saturated heterocycles. The van der Waals surface area contributed by atoms with Crippen molar-refractivity contribution in [2.75, 3.05) is 53.5 Å². The Hall–Kier alpha value is -4.38. The first kappa shape index (κ1) is 43.2. The van der Waals surface area contributed by atoms with Gasteiger partial charge in [-0.3, -0.25) is 19.6 Å². The molecule has 6 bridgehead atoms. The predicted octanol–water partition coefficient (Wildman–Crippen LogP) is 4.67. The predicted molar refractivity (Wildman–Crippen MR) is 227 cm³/mol. The number of rotatable bonds is 9. The number of hydrazine groups is 1. The lowest BCUT2D eigenvalue weighted by molar-refractivity contribution is -0.155. The molecule has 0 saturated carbocycles. The van der Waals surface area contributed by atoms with Gasteiger partial charge in [0, 0.05) is 74.5 Å². The molecule has 2 fully saturated rings. The van der Waals surface area contributed by atoms with Crippen molar-refractivity contribution >= 4 is 44.8 Å². The monoisotopic (exact) mass is 817 g/mol. The number of piperazine rings is 1. The molecule has 58 heavy (non-hydrogen) atoms. The molecule has 0 radical (unpaired) electrons. The number of aryl methyl sites for hydroxylation is 1. The molecule has 3 aromatic rings. The first-order chi connectivity index (χ1) is 27.6. The summed E-state index contributed by atoms with van der Waals surface area (Å²) in [4.78, 5) is 34.9. The Kier molecular flexibility index (Phi) is 13.3. The minimum Gasteiger partial charge on any atom is -0.508 e. The van der Waals surface area contributed by atoms with Crippen LogP contribution in [0.4, 0.5) is 0 Å². The Morgan fingerprint density at radius 3 is 2.55 bits per heavy atom. The summed E-state index contributed by atoms with van der Waals surface area (Å²) in [5, 5.41) is 13.5. The lowest BCUT2D eigenvalue weighted by Crippen LogP contribution is -2.62. The van der Waals surface area contributed by atoms with Gasteiger partial charge in [0.1, 0.15) is 17.8 Å². The third kappa shape index (κ3) is 9.24. The summed E-state index contributed by atoms with van der Waals surface area (Å²) in [6, 6.07) is 9.24. The van der Waals surface area contributed by atoms with Gasteiger partial charge in [-0.15, -0.1) is 0 Å². The molecular weight excluding hydrogens is 759 g/mol. The topological polar surface area (TPSA) is 158 Å². The number of cyclic esters (lactones) is 1. The quantitative estimate of drug-likeness (QED) is 0.159. The van der Waals surface area contributed by atoms with E-state index in [1.165, 1.54) is 9.31 Å². The summed E-state index contributed by atoms with van der Waals surface area (Å²) < 4.78 is 45.8. The Labute approximate surface area is 342 Å². The van der Waals surface area contributed by atoms with Gasteiger partial charge in [0.05, 0.1) is 24.1 Å². The number of likely N-dealkylation sites (N-methyl/N-ethyl adjacent to an activating group) is 1. The number of phenolic OH excluding ortho intramolecular Hbond substituents is 1. The van der Waals surface area contributed by atoms with Crippen LogP contribution in [0.15, 0.2) is 59.7 Å². The molecular formula is C43H59N7O7S. The molecule has 3 aliphatic rings. The highest BCUT2D eigenvalue weighted by molar-refractivity contribution is 7.87. The average molecular weight is 818 g/mol. The van der Waals surface area contributed by atoms with Crippen molar-refractivity contribution in [3.05, 3.63) is 71.6 Å². The fourth-order valence-corrected chi connectivity index (χ4v) is 9.58. The van der Waals surface area contributed by atoms with Crippen LogP contribution < -0.4 is 10.1 Å². The number of nitrogens with zero attached hydrogens (tertiary/aromatic N) is 5. The molecule has 15 heteroatoms. The highest BCUT2D eigenvalue weighted by Crippen LogP contribution is 2.40. The van der Waals surface area contributed by atoms with Gasteiger partial charge in [0.15, 0.2) is 0 Å². The van der Waals surface area contributed by atoms with Crippen molar-refractivity contribution in [2.24, 2.45) is 10.4 Å². The fraction of sp³-hybridized carbons (Fsp3) is 0.512. The number of phenols is 1. The van der Waals surface area contributed by atoms with Crippen LogP contribution in [0.25, 0.3) is 27.6 Å². The van der Waals surface area contributed by atoms with Gasteiger partial charge in [0.2, 0.25) is 0 Å². The first-order valence-electron chi connectivity index (χ1n) is 20.2. The van der Waals surface area contributed by atoms with Gasteiger partial charge in [-0.1, -0.05) is 38.6 Å². The minimum atomic E-state index is -4.09. The first-order valence-corrected chi connectivity index (χ1v) is 21.6. The van der Waals surface area contributed by atoms with E-state index in [4.69, 9.17) is 14.5 Å². The number of aliphatic imine (C=N–C) groups is 1. The number of hydrogen-bond donors (Lipinski definition) is 3. The van der Waals surface area contributed by atoms with Crippen LogP contribution in [0.1, 0.15) is 64.3 Å². The van der Waals surface area contributed by atoms with E-state index >= 15 is 0 Å². The van der Waals surface area contributed by atoms with Crippen molar-refractivity contribution in [1.82, 2.24) is 28.9 Å². The zero-order valence-corrected chi connectivity index (χ0v) is 35.7. The van der Waals surface area contributed by atoms with Gasteiger partial charge in [-0.05, 0) is 100 Å².